The van der Waals surface area contributed by atoms with Crippen LogP contribution in [0.15, 0.2) is 13.5 Å². The van der Waals surface area contributed by atoms with Gasteiger partial charge in [0.2, 0.25) is 0 Å². The fourth-order valence-corrected chi connectivity index (χ4v) is 13.6. The summed E-state index contributed by atoms with van der Waals surface area (Å²) in [5, 5.41) is 0. The highest BCUT2D eigenvalue weighted by Gasteiger charge is 2.44. The van der Waals surface area contributed by atoms with Gasteiger partial charge < -0.3 is 4.52 Å². The van der Waals surface area contributed by atoms with Crippen LogP contribution in [0.5, 0.6) is 0 Å². The number of nitrogens with zero attached hydrogens (tertiary/aromatic N) is 3. The van der Waals surface area contributed by atoms with Gasteiger partial charge in [0.15, 0.2) is 19.8 Å². The van der Waals surface area contributed by atoms with E-state index in [2.05, 4.69) is 27.1 Å². The number of alkyl halides is 9. The van der Waals surface area contributed by atoms with Crippen molar-refractivity contribution in [3.8, 4) is 0 Å². The van der Waals surface area contributed by atoms with Crippen molar-refractivity contribution in [1.29, 1.82) is 0 Å². The van der Waals surface area contributed by atoms with Crippen LogP contribution in [0, 0.1) is 0 Å². The van der Waals surface area contributed by atoms with Gasteiger partial charge in [-0.05, 0) is 33.7 Å². The zero-order chi connectivity index (χ0) is 21.4. The first kappa shape index (κ1) is 25.8. The number of rotatable bonds is 6. The second-order valence-corrected chi connectivity index (χ2v) is 14.8. The molecule has 1 unspecified atom stereocenters. The van der Waals surface area contributed by atoms with Crippen molar-refractivity contribution in [2.24, 2.45) is 13.5 Å². The third-order valence-electron chi connectivity index (χ3n) is 1.85. The lowest BCUT2D eigenvalue weighted by Gasteiger charge is -2.28. The Hall–Kier alpha value is 0.810. The molecule has 1 atom stereocenters. The quantitative estimate of drug-likeness (QED) is 0.253. The monoisotopic (exact) mass is 537 g/mol. The molecule has 27 heavy (non-hydrogen) atoms. The molecule has 0 saturated carbocycles. The molecular weight excluding hydrogens is 532 g/mol. The smallest absolute Gasteiger partial charge is 0.306 e. The van der Waals surface area contributed by atoms with Crippen LogP contribution in [0.2, 0.25) is 0 Å². The molecule has 1 aliphatic heterocycles. The predicted octanol–water partition coefficient (Wildman–Crippen LogP) is 8.29. The maximum Gasteiger partial charge on any atom is 0.412 e. The van der Waals surface area contributed by atoms with Crippen LogP contribution in [0.25, 0.3) is 0 Å². The normalized spacial score (nSPS) is 25.3. The van der Waals surface area contributed by atoms with Gasteiger partial charge in [0.25, 0.3) is 5.91 Å². The number of halogens is 12. The molecule has 0 aromatic heterocycles. The van der Waals surface area contributed by atoms with E-state index in [-0.39, 0.29) is 0 Å². The Morgan fingerprint density at radius 3 is 1.33 bits per heavy atom. The summed E-state index contributed by atoms with van der Waals surface area (Å²) in [6.07, 6.45) is -15.2. The van der Waals surface area contributed by atoms with E-state index in [9.17, 15) is 39.5 Å². The average Bonchev–Trinajstić information content (AvgIpc) is 2.37. The molecule has 0 aromatic rings. The van der Waals surface area contributed by atoms with Gasteiger partial charge >= 0.3 is 33.0 Å². The summed E-state index contributed by atoms with van der Waals surface area (Å²) < 4.78 is 133. The molecule has 6 nitrogen and oxygen atoms in total. The Kier molecular flexibility index (Phi) is 8.15. The van der Waals surface area contributed by atoms with Gasteiger partial charge in [-0.15, -0.1) is 0 Å². The zero-order valence-electron chi connectivity index (χ0n) is 12.1. The Morgan fingerprint density at radius 1 is 0.593 bits per heavy atom. The Balaban J connectivity index is 3.40. The predicted molar refractivity (Wildman–Crippen MR) is 81.6 cm³/mol. The summed E-state index contributed by atoms with van der Waals surface area (Å²) in [5.74, 6) is -4.24. The van der Waals surface area contributed by atoms with Gasteiger partial charge in [-0.25, -0.2) is 0 Å². The van der Waals surface area contributed by atoms with Crippen LogP contribution in [-0.4, -0.2) is 38.3 Å². The van der Waals surface area contributed by atoms with Crippen molar-refractivity contribution in [3.63, 3.8) is 0 Å². The summed E-state index contributed by atoms with van der Waals surface area (Å²) in [6, 6.07) is 0. The van der Waals surface area contributed by atoms with Gasteiger partial charge in [0, 0.05) is 0 Å². The van der Waals surface area contributed by atoms with Crippen LogP contribution in [0.4, 0.5) is 39.5 Å². The standard InChI is InChI=1S/C6H6Cl3F9N3O3P3/c7-25(8)19-26(9,22-1-4(10,11)12)21-27(20-25,23-2-5(13,14)15)24-3-6(16,17)18/h1-3H2. The molecule has 0 fully saturated rings. The van der Waals surface area contributed by atoms with Gasteiger partial charge in [-0.3, -0.25) is 9.05 Å². The third-order valence-corrected chi connectivity index (χ3v) is 12.5. The van der Waals surface area contributed by atoms with E-state index in [0.717, 1.165) is 0 Å². The minimum atomic E-state index is -5.09. The molecule has 1 rings (SSSR count). The lowest BCUT2D eigenvalue weighted by atomic mass is 10.7. The van der Waals surface area contributed by atoms with Gasteiger partial charge in [-0.1, -0.05) is 0 Å². The summed E-state index contributed by atoms with van der Waals surface area (Å²) in [6.45, 7) is -11.2. The van der Waals surface area contributed by atoms with Gasteiger partial charge in [-0.2, -0.15) is 53.1 Å². The van der Waals surface area contributed by atoms with Crippen molar-refractivity contribution in [2.75, 3.05) is 19.8 Å². The molecule has 0 radical (unpaired) electrons. The molecule has 1 aliphatic rings. The Labute approximate surface area is 159 Å². The van der Waals surface area contributed by atoms with Crippen molar-refractivity contribution in [1.82, 2.24) is 0 Å². The summed E-state index contributed by atoms with van der Waals surface area (Å²) in [7, 11) is -4.98. The summed E-state index contributed by atoms with van der Waals surface area (Å²) >= 11 is 16.7. The van der Waals surface area contributed by atoms with E-state index in [1.165, 1.54) is 0 Å². The lowest BCUT2D eigenvalue weighted by Crippen LogP contribution is -2.19. The first-order valence-electron chi connectivity index (χ1n) is 5.88. The maximum atomic E-state index is 12.4. The molecule has 162 valence electrons. The highest BCUT2D eigenvalue weighted by molar-refractivity contribution is 8.14. The Bertz CT molecular complexity index is 694. The van der Waals surface area contributed by atoms with E-state index < -0.39 is 58.7 Å². The van der Waals surface area contributed by atoms with E-state index >= 15 is 0 Å². The minimum Gasteiger partial charge on any atom is -0.306 e. The van der Waals surface area contributed by atoms with E-state index in [1.54, 1.807) is 0 Å². The molecule has 0 N–H and O–H groups in total. The first-order chi connectivity index (χ1) is 11.7. The fraction of sp³-hybridized carbons (Fsp3) is 1.00. The topological polar surface area (TPSA) is 64.8 Å². The highest BCUT2D eigenvalue weighted by Crippen LogP contribution is 2.84. The van der Waals surface area contributed by atoms with E-state index in [1.807, 2.05) is 0 Å². The van der Waals surface area contributed by atoms with Crippen molar-refractivity contribution < 1.29 is 53.1 Å². The number of hydrogen-bond donors (Lipinski definition) is 0. The van der Waals surface area contributed by atoms with Crippen LogP contribution < -0.4 is 0 Å². The van der Waals surface area contributed by atoms with Crippen LogP contribution in [0.3, 0.4) is 0 Å². The molecule has 0 bridgehead atoms. The third kappa shape index (κ3) is 10.4. The second-order valence-electron chi connectivity index (χ2n) is 4.35. The summed E-state index contributed by atoms with van der Waals surface area (Å²) in [4.78, 5) is 0. The van der Waals surface area contributed by atoms with E-state index in [4.69, 9.17) is 33.7 Å². The molecule has 0 spiro atoms. The molecule has 21 heteroatoms. The molecule has 1 heterocycles. The SMILES string of the molecule is FC(F)(F)COP1(Cl)=NP(Cl)(Cl)=NP(OCC(F)(F)F)(OCC(F)(F)F)=N1. The van der Waals surface area contributed by atoms with Crippen molar-refractivity contribution in [2.45, 2.75) is 18.5 Å². The minimum absolute atomic E-state index is 2.09. The molecule has 0 amide bonds. The Morgan fingerprint density at radius 2 is 0.963 bits per heavy atom. The van der Waals surface area contributed by atoms with Crippen molar-refractivity contribution in [3.05, 3.63) is 0 Å². The lowest BCUT2D eigenvalue weighted by molar-refractivity contribution is -0.163. The zero-order valence-corrected chi connectivity index (χ0v) is 17.0. The average molecular weight is 538 g/mol. The first-order valence-corrected chi connectivity index (χ1v) is 13.4. The maximum absolute atomic E-state index is 12.4. The van der Waals surface area contributed by atoms with E-state index in [0.29, 0.717) is 0 Å². The van der Waals surface area contributed by atoms with Crippen LogP contribution >= 0.6 is 54.1 Å². The molecule has 0 aromatic carbocycles. The van der Waals surface area contributed by atoms with Crippen molar-refractivity contribution >= 4 is 54.1 Å². The fourth-order valence-electron chi connectivity index (χ4n) is 1.12. The highest BCUT2D eigenvalue weighted by atomic mass is 35.9. The summed E-state index contributed by atoms with van der Waals surface area (Å²) in [5.41, 5.74) is 0. The molecule has 0 aliphatic carbocycles. The molecular formula is C6H6Cl3F9N3O3P3. The van der Waals surface area contributed by atoms with Crippen LogP contribution in [0.1, 0.15) is 0 Å². The van der Waals surface area contributed by atoms with Crippen LogP contribution in [-0.2, 0) is 13.6 Å². The number of hydrogen-bond acceptors (Lipinski definition) is 6. The second kappa shape index (κ2) is 8.51. The largest absolute Gasteiger partial charge is 0.412 e. The molecule has 0 saturated heterocycles. The van der Waals surface area contributed by atoms with Gasteiger partial charge in [0.05, 0.1) is 0 Å². The van der Waals surface area contributed by atoms with Gasteiger partial charge in [0.1, 0.15) is 0 Å².